The molecule has 2 nitrogen and oxygen atoms in total. The minimum absolute atomic E-state index is 0.335. The standard InChI is InChI=1S/C16H34N2/c1-6-16(7-2,12-17)13-18(5)14-8-10-15(3,4)11-9-14/h14H,6-13,17H2,1-5H3. The van der Waals surface area contributed by atoms with Crippen LogP contribution in [0.1, 0.15) is 66.2 Å². The smallest absolute Gasteiger partial charge is 0.00928 e. The average Bonchev–Trinajstić information content (AvgIpc) is 2.36. The van der Waals surface area contributed by atoms with Crippen molar-refractivity contribution in [2.24, 2.45) is 16.6 Å². The Hall–Kier alpha value is -0.0800. The molecule has 0 saturated heterocycles. The van der Waals surface area contributed by atoms with Gasteiger partial charge in [0.05, 0.1) is 0 Å². The van der Waals surface area contributed by atoms with Gasteiger partial charge in [0.15, 0.2) is 0 Å². The van der Waals surface area contributed by atoms with E-state index in [0.717, 1.165) is 12.6 Å². The molecule has 0 heterocycles. The first-order valence-electron chi connectivity index (χ1n) is 7.78. The third-order valence-electron chi connectivity index (χ3n) is 5.45. The molecule has 0 radical (unpaired) electrons. The van der Waals surface area contributed by atoms with E-state index in [9.17, 15) is 0 Å². The molecule has 0 unspecified atom stereocenters. The summed E-state index contributed by atoms with van der Waals surface area (Å²) in [6.07, 6.45) is 7.85. The Morgan fingerprint density at radius 2 is 1.67 bits per heavy atom. The maximum Gasteiger partial charge on any atom is 0.00928 e. The molecular formula is C16H34N2. The molecule has 1 saturated carbocycles. The first-order valence-corrected chi connectivity index (χ1v) is 7.78. The summed E-state index contributed by atoms with van der Waals surface area (Å²) in [5.41, 5.74) is 6.93. The predicted octanol–water partition coefficient (Wildman–Crippen LogP) is 3.65. The first kappa shape index (κ1) is 16.0. The highest BCUT2D eigenvalue weighted by Crippen LogP contribution is 2.37. The first-order chi connectivity index (χ1) is 8.38. The maximum atomic E-state index is 6.02. The third-order valence-corrected chi connectivity index (χ3v) is 5.45. The van der Waals surface area contributed by atoms with E-state index in [1.807, 2.05) is 0 Å². The molecule has 108 valence electrons. The molecule has 0 aliphatic heterocycles. The second kappa shape index (κ2) is 6.38. The number of rotatable bonds is 6. The molecule has 1 aliphatic rings. The molecule has 18 heavy (non-hydrogen) atoms. The van der Waals surface area contributed by atoms with Crippen molar-refractivity contribution in [3.8, 4) is 0 Å². The molecule has 0 amide bonds. The van der Waals surface area contributed by atoms with Crippen LogP contribution in [-0.4, -0.2) is 31.1 Å². The van der Waals surface area contributed by atoms with Crippen LogP contribution in [0.5, 0.6) is 0 Å². The van der Waals surface area contributed by atoms with E-state index >= 15 is 0 Å². The van der Waals surface area contributed by atoms with Gasteiger partial charge in [0.25, 0.3) is 0 Å². The number of hydrogen-bond acceptors (Lipinski definition) is 2. The largest absolute Gasteiger partial charge is 0.330 e. The highest BCUT2D eigenvalue weighted by molar-refractivity contribution is 4.87. The van der Waals surface area contributed by atoms with Gasteiger partial charge >= 0.3 is 0 Å². The minimum Gasteiger partial charge on any atom is -0.330 e. The van der Waals surface area contributed by atoms with E-state index in [-0.39, 0.29) is 0 Å². The summed E-state index contributed by atoms with van der Waals surface area (Å²) >= 11 is 0. The van der Waals surface area contributed by atoms with E-state index in [1.165, 1.54) is 45.1 Å². The minimum atomic E-state index is 0.335. The Bertz CT molecular complexity index is 225. The number of nitrogens with zero attached hydrogens (tertiary/aromatic N) is 1. The van der Waals surface area contributed by atoms with Crippen LogP contribution in [-0.2, 0) is 0 Å². The normalized spacial score (nSPS) is 21.5. The molecule has 2 N–H and O–H groups in total. The van der Waals surface area contributed by atoms with E-state index in [0.29, 0.717) is 10.8 Å². The molecule has 1 aliphatic carbocycles. The van der Waals surface area contributed by atoms with Crippen molar-refractivity contribution in [3.05, 3.63) is 0 Å². The van der Waals surface area contributed by atoms with Crippen LogP contribution in [0.3, 0.4) is 0 Å². The van der Waals surface area contributed by atoms with Gasteiger partial charge in [0, 0.05) is 12.6 Å². The van der Waals surface area contributed by atoms with Crippen molar-refractivity contribution in [1.82, 2.24) is 4.90 Å². The zero-order valence-corrected chi connectivity index (χ0v) is 13.3. The molecule has 0 aromatic rings. The van der Waals surface area contributed by atoms with E-state index in [4.69, 9.17) is 5.73 Å². The van der Waals surface area contributed by atoms with E-state index in [1.54, 1.807) is 0 Å². The van der Waals surface area contributed by atoms with Gasteiger partial charge in [-0.05, 0) is 62.9 Å². The summed E-state index contributed by atoms with van der Waals surface area (Å²) in [6, 6.07) is 0.780. The van der Waals surface area contributed by atoms with Gasteiger partial charge in [-0.3, -0.25) is 0 Å². The van der Waals surface area contributed by atoms with Crippen LogP contribution in [0.4, 0.5) is 0 Å². The molecule has 0 aromatic carbocycles. The van der Waals surface area contributed by atoms with Crippen molar-refractivity contribution >= 4 is 0 Å². The second-order valence-electron chi connectivity index (χ2n) is 7.22. The maximum absolute atomic E-state index is 6.02. The van der Waals surface area contributed by atoms with Crippen LogP contribution in [0.25, 0.3) is 0 Å². The topological polar surface area (TPSA) is 29.3 Å². The highest BCUT2D eigenvalue weighted by Gasteiger charge is 2.32. The van der Waals surface area contributed by atoms with Crippen LogP contribution in [0, 0.1) is 10.8 Å². The van der Waals surface area contributed by atoms with Gasteiger partial charge in [-0.15, -0.1) is 0 Å². The van der Waals surface area contributed by atoms with E-state index in [2.05, 4.69) is 39.6 Å². The number of hydrogen-bond donors (Lipinski definition) is 1. The van der Waals surface area contributed by atoms with Crippen molar-refractivity contribution in [2.75, 3.05) is 20.1 Å². The molecule has 0 spiro atoms. The Labute approximate surface area is 114 Å². The Balaban J connectivity index is 2.53. The highest BCUT2D eigenvalue weighted by atomic mass is 15.1. The molecule has 0 aromatic heterocycles. The fourth-order valence-corrected chi connectivity index (χ4v) is 3.31. The molecular weight excluding hydrogens is 220 g/mol. The summed E-state index contributed by atoms with van der Waals surface area (Å²) in [5.74, 6) is 0. The zero-order valence-electron chi connectivity index (χ0n) is 13.3. The van der Waals surface area contributed by atoms with Crippen LogP contribution in [0.2, 0.25) is 0 Å². The van der Waals surface area contributed by atoms with Gasteiger partial charge in [0.1, 0.15) is 0 Å². The lowest BCUT2D eigenvalue weighted by Crippen LogP contribution is -2.46. The molecule has 1 fully saturated rings. The van der Waals surface area contributed by atoms with Gasteiger partial charge in [0.2, 0.25) is 0 Å². The van der Waals surface area contributed by atoms with Gasteiger partial charge in [-0.25, -0.2) is 0 Å². The molecule has 0 bridgehead atoms. The fraction of sp³-hybridized carbons (Fsp3) is 1.00. The van der Waals surface area contributed by atoms with Crippen molar-refractivity contribution in [1.29, 1.82) is 0 Å². The monoisotopic (exact) mass is 254 g/mol. The van der Waals surface area contributed by atoms with Crippen LogP contribution < -0.4 is 5.73 Å². The van der Waals surface area contributed by atoms with Crippen molar-refractivity contribution in [2.45, 2.75) is 72.3 Å². The van der Waals surface area contributed by atoms with Gasteiger partial charge < -0.3 is 10.6 Å². The fourth-order valence-electron chi connectivity index (χ4n) is 3.31. The third kappa shape index (κ3) is 3.96. The Kier molecular flexibility index (Phi) is 5.67. The van der Waals surface area contributed by atoms with Gasteiger partial charge in [-0.1, -0.05) is 27.7 Å². The second-order valence-corrected chi connectivity index (χ2v) is 7.22. The average molecular weight is 254 g/mol. The summed E-state index contributed by atoms with van der Waals surface area (Å²) in [5, 5.41) is 0. The molecule has 1 rings (SSSR count). The predicted molar refractivity (Wildman–Crippen MR) is 80.7 cm³/mol. The lowest BCUT2D eigenvalue weighted by atomic mass is 9.74. The van der Waals surface area contributed by atoms with Gasteiger partial charge in [-0.2, -0.15) is 0 Å². The summed E-state index contributed by atoms with van der Waals surface area (Å²) in [7, 11) is 2.30. The quantitative estimate of drug-likeness (QED) is 0.784. The Morgan fingerprint density at radius 3 is 2.06 bits per heavy atom. The summed E-state index contributed by atoms with van der Waals surface area (Å²) in [6.45, 7) is 11.4. The van der Waals surface area contributed by atoms with Crippen molar-refractivity contribution in [3.63, 3.8) is 0 Å². The van der Waals surface area contributed by atoms with E-state index < -0.39 is 0 Å². The zero-order chi connectivity index (χ0) is 13.8. The van der Waals surface area contributed by atoms with Crippen LogP contribution >= 0.6 is 0 Å². The summed E-state index contributed by atoms with van der Waals surface area (Å²) < 4.78 is 0. The van der Waals surface area contributed by atoms with Crippen LogP contribution in [0.15, 0.2) is 0 Å². The summed E-state index contributed by atoms with van der Waals surface area (Å²) in [4.78, 5) is 2.59. The lowest BCUT2D eigenvalue weighted by Gasteiger charge is -2.42. The SMILES string of the molecule is CCC(CC)(CN)CN(C)C1CCC(C)(C)CC1. The molecule has 2 heteroatoms. The molecule has 0 atom stereocenters. The van der Waals surface area contributed by atoms with Crippen molar-refractivity contribution < 1.29 is 0 Å². The number of nitrogens with two attached hydrogens (primary N) is 1. The Morgan fingerprint density at radius 1 is 1.17 bits per heavy atom. The lowest BCUT2D eigenvalue weighted by molar-refractivity contribution is 0.0817.